The number of nitrogens with one attached hydrogen (secondary N) is 1. The molecule has 0 aliphatic heterocycles. The van der Waals surface area contributed by atoms with Gasteiger partial charge in [-0.05, 0) is 36.4 Å². The van der Waals surface area contributed by atoms with Crippen LogP contribution in [0.25, 0.3) is 0 Å². The van der Waals surface area contributed by atoms with Crippen molar-refractivity contribution in [2.45, 2.75) is 26.4 Å². The standard InChI is InChI=1S/C9H13IN2O2/c1-5(14-3)4-7-11-6(2)8(10)9(13)12-7/h5H,4H2,1-3H3,(H,11,12,13). The van der Waals surface area contributed by atoms with Gasteiger partial charge in [0.05, 0.1) is 15.4 Å². The van der Waals surface area contributed by atoms with Crippen molar-refractivity contribution in [3.63, 3.8) is 0 Å². The quantitative estimate of drug-likeness (QED) is 0.855. The van der Waals surface area contributed by atoms with Gasteiger partial charge in [-0.2, -0.15) is 0 Å². The number of aromatic nitrogens is 2. The molecule has 1 atom stereocenters. The molecule has 4 nitrogen and oxygen atoms in total. The van der Waals surface area contributed by atoms with Crippen LogP contribution in [0.2, 0.25) is 0 Å². The van der Waals surface area contributed by atoms with E-state index in [-0.39, 0.29) is 11.7 Å². The highest BCUT2D eigenvalue weighted by atomic mass is 127. The first-order chi connectivity index (χ1) is 6.54. The van der Waals surface area contributed by atoms with Gasteiger partial charge in [-0.15, -0.1) is 0 Å². The van der Waals surface area contributed by atoms with Crippen LogP contribution in [0.4, 0.5) is 0 Å². The lowest BCUT2D eigenvalue weighted by atomic mass is 10.2. The first-order valence-electron chi connectivity index (χ1n) is 4.32. The van der Waals surface area contributed by atoms with Gasteiger partial charge >= 0.3 is 0 Å². The summed E-state index contributed by atoms with van der Waals surface area (Å²) >= 11 is 1.99. The van der Waals surface area contributed by atoms with Gasteiger partial charge in [0.25, 0.3) is 5.56 Å². The summed E-state index contributed by atoms with van der Waals surface area (Å²) in [5, 5.41) is 0. The van der Waals surface area contributed by atoms with Crippen LogP contribution >= 0.6 is 22.6 Å². The Kier molecular flexibility index (Phi) is 4.06. The minimum absolute atomic E-state index is 0.0672. The number of hydrogen-bond acceptors (Lipinski definition) is 3. The molecule has 1 N–H and O–H groups in total. The van der Waals surface area contributed by atoms with Gasteiger partial charge in [-0.3, -0.25) is 4.79 Å². The average molecular weight is 308 g/mol. The second-order valence-corrected chi connectivity index (χ2v) is 4.24. The van der Waals surface area contributed by atoms with E-state index in [2.05, 4.69) is 9.97 Å². The largest absolute Gasteiger partial charge is 0.381 e. The van der Waals surface area contributed by atoms with Gasteiger partial charge in [0, 0.05) is 13.5 Å². The van der Waals surface area contributed by atoms with Gasteiger partial charge in [0.2, 0.25) is 0 Å². The summed E-state index contributed by atoms with van der Waals surface area (Å²) in [6, 6.07) is 0. The molecule has 1 aromatic heterocycles. The van der Waals surface area contributed by atoms with E-state index in [1.165, 1.54) is 0 Å². The molecule has 1 unspecified atom stereocenters. The first kappa shape index (κ1) is 11.6. The van der Waals surface area contributed by atoms with Gasteiger partial charge < -0.3 is 9.72 Å². The van der Waals surface area contributed by atoms with Crippen LogP contribution in [0.1, 0.15) is 18.4 Å². The molecule has 0 saturated heterocycles. The number of methoxy groups -OCH3 is 1. The van der Waals surface area contributed by atoms with Crippen molar-refractivity contribution in [3.05, 3.63) is 25.4 Å². The molecule has 1 rings (SSSR count). The number of ether oxygens (including phenoxy) is 1. The van der Waals surface area contributed by atoms with E-state index in [1.54, 1.807) is 7.11 Å². The third kappa shape index (κ3) is 2.78. The molecule has 14 heavy (non-hydrogen) atoms. The van der Waals surface area contributed by atoms with Crippen LogP contribution in [0, 0.1) is 10.5 Å². The molecule has 0 bridgehead atoms. The van der Waals surface area contributed by atoms with E-state index in [0.29, 0.717) is 15.8 Å². The second-order valence-electron chi connectivity index (χ2n) is 3.16. The molecule has 0 amide bonds. The predicted octanol–water partition coefficient (Wildman–Crippen LogP) is 1.26. The molecule has 0 aromatic carbocycles. The Hall–Kier alpha value is -0.430. The molecule has 78 valence electrons. The van der Waals surface area contributed by atoms with Gasteiger partial charge in [-0.25, -0.2) is 4.98 Å². The Morgan fingerprint density at radius 2 is 2.29 bits per heavy atom. The number of rotatable bonds is 3. The first-order valence-corrected chi connectivity index (χ1v) is 5.40. The molecule has 1 heterocycles. The Balaban J connectivity index is 2.96. The van der Waals surface area contributed by atoms with Crippen LogP contribution in [-0.4, -0.2) is 23.2 Å². The molecule has 0 saturated carbocycles. The number of aryl methyl sites for hydroxylation is 1. The summed E-state index contributed by atoms with van der Waals surface area (Å²) in [6.07, 6.45) is 0.696. The van der Waals surface area contributed by atoms with Crippen LogP contribution in [-0.2, 0) is 11.2 Å². The van der Waals surface area contributed by atoms with E-state index in [9.17, 15) is 4.79 Å². The summed E-state index contributed by atoms with van der Waals surface area (Å²) < 4.78 is 5.75. The fourth-order valence-corrected chi connectivity index (χ4v) is 1.34. The maximum absolute atomic E-state index is 11.4. The fraction of sp³-hybridized carbons (Fsp3) is 0.556. The van der Waals surface area contributed by atoms with Gasteiger partial charge in [-0.1, -0.05) is 0 Å². The SMILES string of the molecule is COC(C)Cc1nc(C)c(I)c(=O)[nH]1. The van der Waals surface area contributed by atoms with Gasteiger partial charge in [0.15, 0.2) is 0 Å². The summed E-state index contributed by atoms with van der Waals surface area (Å²) in [5.41, 5.74) is 0.698. The Morgan fingerprint density at radius 3 is 2.79 bits per heavy atom. The van der Waals surface area contributed by atoms with E-state index < -0.39 is 0 Å². The van der Waals surface area contributed by atoms with Crippen LogP contribution in [0.5, 0.6) is 0 Å². The maximum atomic E-state index is 11.4. The van der Waals surface area contributed by atoms with E-state index in [1.807, 2.05) is 36.4 Å². The summed E-state index contributed by atoms with van der Waals surface area (Å²) in [7, 11) is 1.64. The van der Waals surface area contributed by atoms with E-state index in [4.69, 9.17) is 4.74 Å². The summed E-state index contributed by atoms with van der Waals surface area (Å²) in [5.74, 6) is 0.683. The minimum atomic E-state index is -0.0728. The minimum Gasteiger partial charge on any atom is -0.381 e. The van der Waals surface area contributed by atoms with Crippen molar-refractivity contribution in [1.29, 1.82) is 0 Å². The van der Waals surface area contributed by atoms with E-state index >= 15 is 0 Å². The third-order valence-electron chi connectivity index (χ3n) is 1.96. The number of H-pyrrole nitrogens is 1. The number of halogens is 1. The van der Waals surface area contributed by atoms with Crippen molar-refractivity contribution in [1.82, 2.24) is 9.97 Å². The predicted molar refractivity (Wildman–Crippen MR) is 62.5 cm³/mol. The van der Waals surface area contributed by atoms with Crippen molar-refractivity contribution in [2.24, 2.45) is 0 Å². The number of aromatic amines is 1. The van der Waals surface area contributed by atoms with Crippen LogP contribution in [0.15, 0.2) is 4.79 Å². The molecule has 5 heteroatoms. The molecule has 0 spiro atoms. The Morgan fingerprint density at radius 1 is 1.64 bits per heavy atom. The molecule has 0 radical (unpaired) electrons. The van der Waals surface area contributed by atoms with Gasteiger partial charge in [0.1, 0.15) is 5.82 Å². The number of nitrogens with zero attached hydrogens (tertiary/aromatic N) is 1. The van der Waals surface area contributed by atoms with Crippen LogP contribution < -0.4 is 5.56 Å². The molecular weight excluding hydrogens is 295 g/mol. The van der Waals surface area contributed by atoms with Crippen molar-refractivity contribution < 1.29 is 4.74 Å². The molecule has 0 aliphatic carbocycles. The van der Waals surface area contributed by atoms with Crippen molar-refractivity contribution >= 4 is 22.6 Å². The maximum Gasteiger partial charge on any atom is 0.264 e. The normalized spacial score (nSPS) is 12.9. The Labute approximate surface area is 96.2 Å². The molecule has 1 aromatic rings. The molecular formula is C9H13IN2O2. The zero-order valence-electron chi connectivity index (χ0n) is 8.43. The lowest BCUT2D eigenvalue weighted by molar-refractivity contribution is 0.117. The highest BCUT2D eigenvalue weighted by molar-refractivity contribution is 14.1. The summed E-state index contributed by atoms with van der Waals surface area (Å²) in [6.45, 7) is 3.77. The Bertz CT molecular complexity index is 376. The zero-order chi connectivity index (χ0) is 10.7. The summed E-state index contributed by atoms with van der Waals surface area (Å²) in [4.78, 5) is 18.4. The highest BCUT2D eigenvalue weighted by Gasteiger charge is 2.07. The smallest absolute Gasteiger partial charge is 0.264 e. The topological polar surface area (TPSA) is 55.0 Å². The van der Waals surface area contributed by atoms with Crippen molar-refractivity contribution in [3.8, 4) is 0 Å². The third-order valence-corrected chi connectivity index (χ3v) is 3.23. The van der Waals surface area contributed by atoms with E-state index in [0.717, 1.165) is 5.69 Å². The lowest BCUT2D eigenvalue weighted by Crippen LogP contribution is -2.20. The highest BCUT2D eigenvalue weighted by Crippen LogP contribution is 2.04. The van der Waals surface area contributed by atoms with Crippen molar-refractivity contribution in [2.75, 3.05) is 7.11 Å². The molecule has 0 aliphatic rings. The average Bonchev–Trinajstić information content (AvgIpc) is 2.14. The monoisotopic (exact) mass is 308 g/mol. The van der Waals surface area contributed by atoms with Crippen LogP contribution in [0.3, 0.4) is 0 Å². The molecule has 0 fully saturated rings. The zero-order valence-corrected chi connectivity index (χ0v) is 10.6. The lowest BCUT2D eigenvalue weighted by Gasteiger charge is -2.08. The number of hydrogen-bond donors (Lipinski definition) is 1. The second kappa shape index (κ2) is 4.88. The fourth-order valence-electron chi connectivity index (χ4n) is 1.08.